The van der Waals surface area contributed by atoms with Crippen LogP contribution >= 0.6 is 22.7 Å². The van der Waals surface area contributed by atoms with Crippen molar-refractivity contribution in [1.82, 2.24) is 14.9 Å². The summed E-state index contributed by atoms with van der Waals surface area (Å²) in [4.78, 5) is 40.4. The zero-order valence-corrected chi connectivity index (χ0v) is 25.1. The van der Waals surface area contributed by atoms with E-state index in [0.717, 1.165) is 21.1 Å². The second kappa shape index (κ2) is 15.3. The third kappa shape index (κ3) is 8.12. The summed E-state index contributed by atoms with van der Waals surface area (Å²) in [6, 6.07) is 19.7. The third-order valence-corrected chi connectivity index (χ3v) is 8.34. The highest BCUT2D eigenvalue weighted by molar-refractivity contribution is 7.14. The van der Waals surface area contributed by atoms with E-state index in [1.807, 2.05) is 36.4 Å². The van der Waals surface area contributed by atoms with Crippen molar-refractivity contribution < 1.29 is 19.1 Å². The van der Waals surface area contributed by atoms with Crippen molar-refractivity contribution in [2.45, 2.75) is 31.8 Å². The Morgan fingerprint density at radius 3 is 1.46 bits per heavy atom. The van der Waals surface area contributed by atoms with E-state index in [-0.39, 0.29) is 12.1 Å². The van der Waals surface area contributed by atoms with Crippen molar-refractivity contribution >= 4 is 44.9 Å². The molecule has 0 aliphatic heterocycles. The van der Waals surface area contributed by atoms with Gasteiger partial charge in [-0.2, -0.15) is 0 Å². The SMILES string of the molecule is CCN(C[C@@H](Cc1ccccc1)N(C(=O)OC)c1cncs1)C[C@@H](Cc1ccccc1)N(C(=O)OC)c1cncs1. The molecule has 4 rings (SSSR count). The number of ether oxygens (including phenoxy) is 2. The summed E-state index contributed by atoms with van der Waals surface area (Å²) in [5.41, 5.74) is 5.63. The molecule has 0 fully saturated rings. The summed E-state index contributed by atoms with van der Waals surface area (Å²) in [6.45, 7) is 3.87. The number of carbonyl (C=O) groups excluding carboxylic acids is 2. The molecule has 4 aromatic rings. The fourth-order valence-corrected chi connectivity index (χ4v) is 6.24. The van der Waals surface area contributed by atoms with Crippen molar-refractivity contribution in [2.24, 2.45) is 0 Å². The van der Waals surface area contributed by atoms with E-state index in [0.29, 0.717) is 32.5 Å². The van der Waals surface area contributed by atoms with Crippen LogP contribution in [0.4, 0.5) is 19.6 Å². The fraction of sp³-hybridized carbons (Fsp3) is 0.333. The molecule has 0 radical (unpaired) electrons. The Morgan fingerprint density at radius 2 is 1.15 bits per heavy atom. The molecule has 0 saturated heterocycles. The van der Waals surface area contributed by atoms with Gasteiger partial charge < -0.3 is 9.47 Å². The number of nitrogens with zero attached hydrogens (tertiary/aromatic N) is 5. The predicted octanol–water partition coefficient (Wildman–Crippen LogP) is 5.99. The molecule has 2 atom stereocenters. The summed E-state index contributed by atoms with van der Waals surface area (Å²) in [5, 5.41) is 1.44. The maximum atomic E-state index is 13.2. The molecular formula is C30H35N5O4S2. The Bertz CT molecular complexity index is 1220. The lowest BCUT2D eigenvalue weighted by atomic mass is 10.0. The topological polar surface area (TPSA) is 88.1 Å². The van der Waals surface area contributed by atoms with Crippen LogP contribution in [0.5, 0.6) is 0 Å². The van der Waals surface area contributed by atoms with Gasteiger partial charge in [0.1, 0.15) is 10.0 Å². The van der Waals surface area contributed by atoms with Crippen molar-refractivity contribution in [1.29, 1.82) is 0 Å². The zero-order valence-electron chi connectivity index (χ0n) is 23.5. The van der Waals surface area contributed by atoms with Gasteiger partial charge in [-0.3, -0.25) is 24.7 Å². The number of thiazole rings is 2. The summed E-state index contributed by atoms with van der Waals surface area (Å²) in [5.74, 6) is 0. The van der Waals surface area contributed by atoms with Gasteiger partial charge in [0.15, 0.2) is 0 Å². The smallest absolute Gasteiger partial charge is 0.415 e. The molecule has 0 saturated carbocycles. The molecule has 2 heterocycles. The van der Waals surface area contributed by atoms with Crippen molar-refractivity contribution in [3.63, 3.8) is 0 Å². The van der Waals surface area contributed by atoms with Gasteiger partial charge in [0.25, 0.3) is 0 Å². The van der Waals surface area contributed by atoms with Gasteiger partial charge in [-0.15, -0.1) is 22.7 Å². The Balaban J connectivity index is 1.67. The highest BCUT2D eigenvalue weighted by atomic mass is 32.1. The van der Waals surface area contributed by atoms with Crippen LogP contribution in [0.25, 0.3) is 0 Å². The van der Waals surface area contributed by atoms with Gasteiger partial charge in [-0.05, 0) is 30.5 Å². The van der Waals surface area contributed by atoms with Crippen LogP contribution in [-0.2, 0) is 22.3 Å². The average molecular weight is 594 g/mol. The fourth-order valence-electron chi connectivity index (χ4n) is 4.87. The number of aromatic nitrogens is 2. The Labute approximate surface area is 249 Å². The summed E-state index contributed by atoms with van der Waals surface area (Å²) in [6.07, 6.45) is 3.74. The van der Waals surface area contributed by atoms with Crippen molar-refractivity contribution in [3.05, 3.63) is 95.2 Å². The van der Waals surface area contributed by atoms with E-state index >= 15 is 0 Å². The maximum absolute atomic E-state index is 13.2. The first-order valence-corrected chi connectivity index (χ1v) is 15.1. The molecule has 216 valence electrons. The van der Waals surface area contributed by atoms with E-state index in [4.69, 9.17) is 9.47 Å². The van der Waals surface area contributed by atoms with Gasteiger partial charge in [0.05, 0.1) is 49.7 Å². The molecule has 2 amide bonds. The van der Waals surface area contributed by atoms with Crippen LogP contribution in [0.1, 0.15) is 18.1 Å². The molecule has 2 aromatic carbocycles. The maximum Gasteiger partial charge on any atom is 0.415 e. The molecule has 0 N–H and O–H groups in total. The first kappa shape index (κ1) is 30.2. The van der Waals surface area contributed by atoms with Crippen molar-refractivity contribution in [2.75, 3.05) is 43.7 Å². The standard InChI is InChI=1S/C30H35N5O4S2/c1-4-33(19-25(15-23-11-7-5-8-12-23)34(29(36)38-2)27-17-31-21-40-27)20-26(16-24-13-9-6-10-14-24)35(30(37)39-3)28-18-32-22-41-28/h5-14,17-18,21-22,25-26H,4,15-16,19-20H2,1-3H3/t25-,26-/m1/s1. The molecule has 0 unspecified atom stereocenters. The number of hydrogen-bond donors (Lipinski definition) is 0. The average Bonchev–Trinajstić information content (AvgIpc) is 3.73. The van der Waals surface area contributed by atoms with Gasteiger partial charge >= 0.3 is 12.2 Å². The van der Waals surface area contributed by atoms with Crippen LogP contribution < -0.4 is 9.80 Å². The van der Waals surface area contributed by atoms with Crippen LogP contribution in [0.2, 0.25) is 0 Å². The van der Waals surface area contributed by atoms with E-state index in [9.17, 15) is 9.59 Å². The Morgan fingerprint density at radius 1 is 0.732 bits per heavy atom. The molecule has 9 nitrogen and oxygen atoms in total. The number of carbonyl (C=O) groups is 2. The number of hydrogen-bond acceptors (Lipinski definition) is 9. The lowest BCUT2D eigenvalue weighted by molar-refractivity contribution is 0.167. The summed E-state index contributed by atoms with van der Waals surface area (Å²) in [7, 11) is 2.79. The number of anilines is 2. The number of methoxy groups -OCH3 is 2. The molecule has 2 aromatic heterocycles. The molecule has 11 heteroatoms. The number of rotatable bonds is 13. The van der Waals surface area contributed by atoms with E-state index in [2.05, 4.69) is 46.1 Å². The monoisotopic (exact) mass is 593 g/mol. The minimum absolute atomic E-state index is 0.252. The van der Waals surface area contributed by atoms with E-state index in [1.54, 1.807) is 33.2 Å². The molecule has 0 aliphatic carbocycles. The number of amides is 2. The van der Waals surface area contributed by atoms with Crippen LogP contribution in [0, 0.1) is 0 Å². The minimum atomic E-state index is -0.437. The zero-order chi connectivity index (χ0) is 29.0. The molecule has 0 aliphatic rings. The first-order valence-electron chi connectivity index (χ1n) is 13.4. The highest BCUT2D eigenvalue weighted by Gasteiger charge is 2.33. The quantitative estimate of drug-likeness (QED) is 0.188. The van der Waals surface area contributed by atoms with E-state index < -0.39 is 12.2 Å². The summed E-state index contributed by atoms with van der Waals surface area (Å²) >= 11 is 2.79. The minimum Gasteiger partial charge on any atom is -0.452 e. The van der Waals surface area contributed by atoms with Crippen LogP contribution in [0.15, 0.2) is 84.1 Å². The Hall–Kier alpha value is -3.80. The summed E-state index contributed by atoms with van der Waals surface area (Å²) < 4.78 is 10.5. The van der Waals surface area contributed by atoms with Crippen molar-refractivity contribution in [3.8, 4) is 0 Å². The molecular weight excluding hydrogens is 558 g/mol. The molecule has 41 heavy (non-hydrogen) atoms. The lowest BCUT2D eigenvalue weighted by Crippen LogP contribution is -2.53. The van der Waals surface area contributed by atoms with Crippen LogP contribution in [-0.4, -0.2) is 73.0 Å². The van der Waals surface area contributed by atoms with Gasteiger partial charge in [-0.1, -0.05) is 67.6 Å². The van der Waals surface area contributed by atoms with Gasteiger partial charge in [0.2, 0.25) is 0 Å². The second-order valence-electron chi connectivity index (χ2n) is 9.40. The largest absolute Gasteiger partial charge is 0.452 e. The third-order valence-electron chi connectivity index (χ3n) is 6.80. The Kier molecular flexibility index (Phi) is 11.2. The highest BCUT2D eigenvalue weighted by Crippen LogP contribution is 2.28. The first-order chi connectivity index (χ1) is 20.0. The van der Waals surface area contributed by atoms with Crippen LogP contribution in [0.3, 0.4) is 0 Å². The second-order valence-corrected chi connectivity index (χ2v) is 11.1. The lowest BCUT2D eigenvalue weighted by Gasteiger charge is -2.37. The molecule has 0 spiro atoms. The molecule has 0 bridgehead atoms. The van der Waals surface area contributed by atoms with Gasteiger partial charge in [0, 0.05) is 13.1 Å². The predicted molar refractivity (Wildman–Crippen MR) is 164 cm³/mol. The number of likely N-dealkylation sites (N-methyl/N-ethyl adjacent to an activating group) is 1. The van der Waals surface area contributed by atoms with E-state index in [1.165, 1.54) is 36.9 Å². The van der Waals surface area contributed by atoms with Gasteiger partial charge in [-0.25, -0.2) is 9.59 Å². The normalized spacial score (nSPS) is 12.5. The number of benzene rings is 2.